The Hall–Kier alpha value is -1.62. The Labute approximate surface area is 136 Å². The number of aryl methyl sites for hydroxylation is 1. The van der Waals surface area contributed by atoms with E-state index in [4.69, 9.17) is 11.6 Å². The first-order valence-electron chi connectivity index (χ1n) is 6.88. The first kappa shape index (κ1) is 16.7. The van der Waals surface area contributed by atoms with Gasteiger partial charge in [-0.15, -0.1) is 6.58 Å². The van der Waals surface area contributed by atoms with Crippen LogP contribution in [0.5, 0.6) is 0 Å². The highest BCUT2D eigenvalue weighted by Crippen LogP contribution is 2.22. The fourth-order valence-electron chi connectivity index (χ4n) is 2.09. The van der Waals surface area contributed by atoms with Crippen molar-refractivity contribution in [2.45, 2.75) is 24.3 Å². The molecular weight excluding hydrogens is 318 g/mol. The quantitative estimate of drug-likeness (QED) is 0.802. The molecule has 1 N–H and O–H groups in total. The van der Waals surface area contributed by atoms with Crippen LogP contribution in [-0.2, 0) is 10.0 Å². The van der Waals surface area contributed by atoms with E-state index in [1.165, 1.54) is 0 Å². The SMILES string of the molecule is C=CC[C@H](NS(=O)(=O)c1ccc(C)cc1)c1ccc(Cl)cc1. The molecule has 0 unspecified atom stereocenters. The van der Waals surface area contributed by atoms with Gasteiger partial charge in [-0.05, 0) is 43.2 Å². The van der Waals surface area contributed by atoms with Gasteiger partial charge >= 0.3 is 0 Å². The van der Waals surface area contributed by atoms with Crippen LogP contribution in [0.15, 0.2) is 66.1 Å². The Morgan fingerprint density at radius 1 is 1.14 bits per heavy atom. The van der Waals surface area contributed by atoms with Crippen LogP contribution in [0.25, 0.3) is 0 Å². The Morgan fingerprint density at radius 2 is 1.73 bits per heavy atom. The monoisotopic (exact) mass is 335 g/mol. The summed E-state index contributed by atoms with van der Waals surface area (Å²) in [4.78, 5) is 0.251. The molecule has 116 valence electrons. The first-order valence-corrected chi connectivity index (χ1v) is 8.74. The highest BCUT2D eigenvalue weighted by Gasteiger charge is 2.20. The minimum Gasteiger partial charge on any atom is -0.207 e. The second kappa shape index (κ2) is 7.09. The van der Waals surface area contributed by atoms with Gasteiger partial charge in [0.15, 0.2) is 0 Å². The molecule has 1 atom stereocenters. The molecule has 22 heavy (non-hydrogen) atoms. The maximum absolute atomic E-state index is 12.5. The molecule has 0 aromatic heterocycles. The second-order valence-corrected chi connectivity index (χ2v) is 7.21. The minimum absolute atomic E-state index is 0.251. The molecule has 2 rings (SSSR count). The summed E-state index contributed by atoms with van der Waals surface area (Å²) >= 11 is 5.88. The third kappa shape index (κ3) is 4.19. The van der Waals surface area contributed by atoms with Gasteiger partial charge in [0.25, 0.3) is 0 Å². The highest BCUT2D eigenvalue weighted by atomic mass is 35.5. The lowest BCUT2D eigenvalue weighted by Crippen LogP contribution is -2.28. The average molecular weight is 336 g/mol. The Morgan fingerprint density at radius 3 is 2.27 bits per heavy atom. The summed E-state index contributed by atoms with van der Waals surface area (Å²) in [6.07, 6.45) is 2.18. The average Bonchev–Trinajstić information content (AvgIpc) is 2.48. The van der Waals surface area contributed by atoms with Gasteiger partial charge in [-0.1, -0.05) is 47.5 Å². The van der Waals surface area contributed by atoms with Crippen molar-refractivity contribution in [2.75, 3.05) is 0 Å². The smallest absolute Gasteiger partial charge is 0.207 e. The van der Waals surface area contributed by atoms with Gasteiger partial charge in [0.05, 0.1) is 10.9 Å². The molecule has 0 radical (unpaired) electrons. The van der Waals surface area contributed by atoms with Crippen LogP contribution >= 0.6 is 11.6 Å². The molecule has 2 aromatic carbocycles. The number of hydrogen-bond acceptors (Lipinski definition) is 2. The molecule has 0 fully saturated rings. The van der Waals surface area contributed by atoms with Crippen molar-refractivity contribution in [3.8, 4) is 0 Å². The van der Waals surface area contributed by atoms with Crippen LogP contribution < -0.4 is 4.72 Å². The number of rotatable bonds is 6. The zero-order chi connectivity index (χ0) is 16.2. The number of nitrogens with one attached hydrogen (secondary N) is 1. The van der Waals surface area contributed by atoms with Crippen molar-refractivity contribution in [3.63, 3.8) is 0 Å². The highest BCUT2D eigenvalue weighted by molar-refractivity contribution is 7.89. The molecule has 0 aliphatic rings. The topological polar surface area (TPSA) is 46.2 Å². The van der Waals surface area contributed by atoms with Crippen LogP contribution in [0.4, 0.5) is 0 Å². The van der Waals surface area contributed by atoms with E-state index in [9.17, 15) is 8.42 Å². The normalized spacial score (nSPS) is 12.8. The van der Waals surface area contributed by atoms with Gasteiger partial charge in [-0.25, -0.2) is 13.1 Å². The van der Waals surface area contributed by atoms with Gasteiger partial charge < -0.3 is 0 Å². The molecule has 0 amide bonds. The number of sulfonamides is 1. The summed E-state index contributed by atoms with van der Waals surface area (Å²) in [6.45, 7) is 5.61. The first-order chi connectivity index (χ1) is 10.4. The lowest BCUT2D eigenvalue weighted by molar-refractivity contribution is 0.557. The van der Waals surface area contributed by atoms with E-state index in [0.29, 0.717) is 11.4 Å². The predicted octanol–water partition coefficient (Wildman–Crippen LogP) is 4.24. The standard InChI is InChI=1S/C17H18ClNO2S/c1-3-4-17(14-7-9-15(18)10-8-14)19-22(20,21)16-11-5-13(2)6-12-16/h3,5-12,17,19H,1,4H2,2H3/t17-/m0/s1. The van der Waals surface area contributed by atoms with Crippen LogP contribution in [0.2, 0.25) is 5.02 Å². The van der Waals surface area contributed by atoms with Gasteiger partial charge in [0, 0.05) is 5.02 Å². The lowest BCUT2D eigenvalue weighted by Gasteiger charge is -2.18. The van der Waals surface area contributed by atoms with Crippen LogP contribution in [0.1, 0.15) is 23.6 Å². The zero-order valence-electron chi connectivity index (χ0n) is 12.3. The number of halogens is 1. The second-order valence-electron chi connectivity index (χ2n) is 5.06. The van der Waals surface area contributed by atoms with Crippen molar-refractivity contribution in [2.24, 2.45) is 0 Å². The van der Waals surface area contributed by atoms with E-state index in [0.717, 1.165) is 11.1 Å². The van der Waals surface area contributed by atoms with Crippen molar-refractivity contribution < 1.29 is 8.42 Å². The molecular formula is C17H18ClNO2S. The van der Waals surface area contributed by atoms with Gasteiger partial charge in [-0.2, -0.15) is 0 Å². The fraction of sp³-hybridized carbons (Fsp3) is 0.176. The molecule has 0 heterocycles. The van der Waals surface area contributed by atoms with E-state index < -0.39 is 10.0 Å². The minimum atomic E-state index is -3.59. The van der Waals surface area contributed by atoms with E-state index >= 15 is 0 Å². The summed E-state index contributed by atoms with van der Waals surface area (Å²) in [7, 11) is -3.59. The number of benzene rings is 2. The van der Waals surface area contributed by atoms with E-state index in [1.54, 1.807) is 42.5 Å². The molecule has 0 saturated heterocycles. The molecule has 0 spiro atoms. The Balaban J connectivity index is 2.28. The van der Waals surface area contributed by atoms with Gasteiger partial charge in [0.1, 0.15) is 0 Å². The van der Waals surface area contributed by atoms with E-state index in [2.05, 4.69) is 11.3 Å². The predicted molar refractivity (Wildman–Crippen MR) is 90.5 cm³/mol. The molecule has 2 aromatic rings. The molecule has 3 nitrogen and oxygen atoms in total. The third-order valence-electron chi connectivity index (χ3n) is 3.30. The van der Waals surface area contributed by atoms with E-state index in [-0.39, 0.29) is 10.9 Å². The summed E-state index contributed by atoms with van der Waals surface area (Å²) in [5, 5.41) is 0.613. The largest absolute Gasteiger partial charge is 0.241 e. The van der Waals surface area contributed by atoms with Gasteiger partial charge in [0.2, 0.25) is 10.0 Å². The molecule has 0 bridgehead atoms. The van der Waals surface area contributed by atoms with Crippen molar-refractivity contribution in [1.29, 1.82) is 0 Å². The molecule has 5 heteroatoms. The lowest BCUT2D eigenvalue weighted by atomic mass is 10.1. The van der Waals surface area contributed by atoms with Crippen LogP contribution in [-0.4, -0.2) is 8.42 Å². The maximum Gasteiger partial charge on any atom is 0.241 e. The van der Waals surface area contributed by atoms with Gasteiger partial charge in [-0.3, -0.25) is 0 Å². The van der Waals surface area contributed by atoms with E-state index in [1.807, 2.05) is 19.1 Å². The molecule has 0 aliphatic carbocycles. The van der Waals surface area contributed by atoms with Crippen LogP contribution in [0, 0.1) is 6.92 Å². The molecule has 0 aliphatic heterocycles. The van der Waals surface area contributed by atoms with Crippen molar-refractivity contribution >= 4 is 21.6 Å². The summed E-state index contributed by atoms with van der Waals surface area (Å²) < 4.78 is 27.7. The summed E-state index contributed by atoms with van der Waals surface area (Å²) in [5.74, 6) is 0. The zero-order valence-corrected chi connectivity index (χ0v) is 13.9. The fourth-order valence-corrected chi connectivity index (χ4v) is 3.45. The Bertz CT molecular complexity index is 737. The molecule has 0 saturated carbocycles. The number of hydrogen-bond donors (Lipinski definition) is 1. The summed E-state index contributed by atoms with van der Waals surface area (Å²) in [5.41, 5.74) is 1.86. The third-order valence-corrected chi connectivity index (χ3v) is 5.04. The van der Waals surface area contributed by atoms with Crippen molar-refractivity contribution in [3.05, 3.63) is 77.3 Å². The van der Waals surface area contributed by atoms with Crippen LogP contribution in [0.3, 0.4) is 0 Å². The Kier molecular flexibility index (Phi) is 5.40. The van der Waals surface area contributed by atoms with Crippen molar-refractivity contribution in [1.82, 2.24) is 4.72 Å². The maximum atomic E-state index is 12.5. The summed E-state index contributed by atoms with van der Waals surface area (Å²) in [6, 6.07) is 13.5.